The van der Waals surface area contributed by atoms with Gasteiger partial charge >= 0.3 is 5.97 Å². The maximum Gasteiger partial charge on any atom is 0.308 e. The summed E-state index contributed by atoms with van der Waals surface area (Å²) in [5.74, 6) is -0.688. The molecular weight excluding hydrogens is 294 g/mol. The summed E-state index contributed by atoms with van der Waals surface area (Å²) in [5.41, 5.74) is 0.630. The largest absolute Gasteiger partial charge is 0.481 e. The maximum atomic E-state index is 11.4. The van der Waals surface area contributed by atoms with Crippen molar-refractivity contribution in [3.8, 4) is 11.4 Å². The molecule has 2 aromatic heterocycles. The molecule has 7 nitrogen and oxygen atoms in total. The molecule has 1 atom stereocenters. The van der Waals surface area contributed by atoms with Crippen LogP contribution in [0.15, 0.2) is 18.5 Å². The zero-order chi connectivity index (χ0) is 15.4. The number of hydrogen-bond acceptors (Lipinski definition) is 5. The lowest BCUT2D eigenvalue weighted by atomic mass is 9.97. The quantitative estimate of drug-likeness (QED) is 0.878. The van der Waals surface area contributed by atoms with Crippen molar-refractivity contribution in [2.45, 2.75) is 26.8 Å². The molecule has 0 aliphatic carbocycles. The third-order valence-corrected chi connectivity index (χ3v) is 3.34. The van der Waals surface area contributed by atoms with E-state index in [1.54, 1.807) is 12.3 Å². The van der Waals surface area contributed by atoms with Crippen LogP contribution in [0.5, 0.6) is 0 Å². The lowest BCUT2D eigenvalue weighted by molar-refractivity contribution is -0.142. The summed E-state index contributed by atoms with van der Waals surface area (Å²) in [6.45, 7) is 4.17. The molecule has 0 amide bonds. The molecule has 2 aromatic rings. The van der Waals surface area contributed by atoms with Gasteiger partial charge < -0.3 is 5.11 Å². The molecule has 0 radical (unpaired) electrons. The molecular formula is C13H16ClN5O2. The summed E-state index contributed by atoms with van der Waals surface area (Å²) in [7, 11) is 0. The van der Waals surface area contributed by atoms with E-state index < -0.39 is 11.9 Å². The number of aromatic nitrogens is 5. The van der Waals surface area contributed by atoms with Gasteiger partial charge in [-0.25, -0.2) is 4.68 Å². The minimum Gasteiger partial charge on any atom is -0.481 e. The van der Waals surface area contributed by atoms with E-state index in [4.69, 9.17) is 11.6 Å². The topological polar surface area (TPSA) is 93.8 Å². The second kappa shape index (κ2) is 6.62. The molecule has 0 spiro atoms. The van der Waals surface area contributed by atoms with E-state index in [1.807, 2.05) is 13.8 Å². The SMILES string of the molecule is CC(C)CC(Cn1nnnc1-c1ccncc1Cl)C(=O)O. The highest BCUT2D eigenvalue weighted by molar-refractivity contribution is 6.33. The highest BCUT2D eigenvalue weighted by Crippen LogP contribution is 2.25. The van der Waals surface area contributed by atoms with Crippen LogP contribution in [0, 0.1) is 11.8 Å². The summed E-state index contributed by atoms with van der Waals surface area (Å²) in [6, 6.07) is 1.70. The minimum atomic E-state index is -0.856. The summed E-state index contributed by atoms with van der Waals surface area (Å²) in [4.78, 5) is 15.3. The van der Waals surface area contributed by atoms with E-state index in [0.717, 1.165) is 0 Å². The van der Waals surface area contributed by atoms with Crippen molar-refractivity contribution >= 4 is 17.6 Å². The van der Waals surface area contributed by atoms with Gasteiger partial charge in [0.1, 0.15) is 0 Å². The van der Waals surface area contributed by atoms with Gasteiger partial charge in [0.25, 0.3) is 0 Å². The normalized spacial score (nSPS) is 12.6. The molecule has 0 saturated heterocycles. The highest BCUT2D eigenvalue weighted by Gasteiger charge is 2.22. The molecule has 0 aliphatic rings. The number of pyridine rings is 1. The van der Waals surface area contributed by atoms with Crippen molar-refractivity contribution in [2.24, 2.45) is 11.8 Å². The number of carboxylic acid groups (broad SMARTS) is 1. The molecule has 0 saturated carbocycles. The fourth-order valence-corrected chi connectivity index (χ4v) is 2.31. The van der Waals surface area contributed by atoms with Crippen molar-refractivity contribution in [1.29, 1.82) is 0 Å². The van der Waals surface area contributed by atoms with E-state index in [2.05, 4.69) is 20.5 Å². The third-order valence-electron chi connectivity index (χ3n) is 3.04. The minimum absolute atomic E-state index is 0.203. The number of aliphatic carboxylic acids is 1. The van der Waals surface area contributed by atoms with Gasteiger partial charge in [-0.05, 0) is 28.8 Å². The van der Waals surface area contributed by atoms with Gasteiger partial charge in [-0.2, -0.15) is 0 Å². The Kier molecular flexibility index (Phi) is 4.85. The van der Waals surface area contributed by atoms with Gasteiger partial charge in [0.2, 0.25) is 0 Å². The molecule has 0 aromatic carbocycles. The highest BCUT2D eigenvalue weighted by atomic mass is 35.5. The first-order valence-corrected chi connectivity index (χ1v) is 6.95. The molecule has 21 heavy (non-hydrogen) atoms. The molecule has 0 fully saturated rings. The summed E-state index contributed by atoms with van der Waals surface area (Å²) in [6.07, 6.45) is 3.64. The van der Waals surface area contributed by atoms with Crippen LogP contribution in [0.3, 0.4) is 0 Å². The van der Waals surface area contributed by atoms with Crippen LogP contribution >= 0.6 is 11.6 Å². The Labute approximate surface area is 127 Å². The van der Waals surface area contributed by atoms with Crippen LogP contribution in [0.2, 0.25) is 5.02 Å². The first-order valence-electron chi connectivity index (χ1n) is 6.58. The predicted molar refractivity (Wildman–Crippen MR) is 76.6 cm³/mol. The number of carboxylic acids is 1. The maximum absolute atomic E-state index is 11.4. The standard InChI is InChI=1S/C13H16ClN5O2/c1-8(2)5-9(13(20)21)7-19-12(16-17-18-19)10-3-4-15-6-11(10)14/h3-4,6,8-9H,5,7H2,1-2H3,(H,20,21). The van der Waals surface area contributed by atoms with Gasteiger partial charge in [0.05, 0.1) is 17.5 Å². The van der Waals surface area contributed by atoms with Crippen molar-refractivity contribution in [3.63, 3.8) is 0 Å². The Morgan fingerprint density at radius 3 is 2.86 bits per heavy atom. The van der Waals surface area contributed by atoms with Crippen molar-refractivity contribution in [1.82, 2.24) is 25.2 Å². The monoisotopic (exact) mass is 309 g/mol. The zero-order valence-corrected chi connectivity index (χ0v) is 12.5. The summed E-state index contributed by atoms with van der Waals surface area (Å²) >= 11 is 6.08. The van der Waals surface area contributed by atoms with E-state index >= 15 is 0 Å². The van der Waals surface area contributed by atoms with E-state index in [-0.39, 0.29) is 12.5 Å². The number of halogens is 1. The molecule has 0 bridgehead atoms. The average molecular weight is 310 g/mol. The van der Waals surface area contributed by atoms with Crippen LogP contribution in [0.1, 0.15) is 20.3 Å². The Hall–Kier alpha value is -2.02. The molecule has 112 valence electrons. The van der Waals surface area contributed by atoms with Crippen molar-refractivity contribution in [3.05, 3.63) is 23.5 Å². The second-order valence-electron chi connectivity index (χ2n) is 5.20. The van der Waals surface area contributed by atoms with Crippen LogP contribution in [0.25, 0.3) is 11.4 Å². The number of carbonyl (C=O) groups is 1. The lowest BCUT2D eigenvalue weighted by Crippen LogP contribution is -2.23. The van der Waals surface area contributed by atoms with Gasteiger partial charge in [-0.3, -0.25) is 9.78 Å². The predicted octanol–water partition coefficient (Wildman–Crippen LogP) is 2.14. The van der Waals surface area contributed by atoms with E-state index in [0.29, 0.717) is 22.8 Å². The number of tetrazole rings is 1. The Balaban J connectivity index is 2.28. The molecule has 0 aliphatic heterocycles. The van der Waals surface area contributed by atoms with Gasteiger partial charge in [0, 0.05) is 18.0 Å². The lowest BCUT2D eigenvalue weighted by Gasteiger charge is -2.15. The molecule has 2 heterocycles. The second-order valence-corrected chi connectivity index (χ2v) is 5.61. The van der Waals surface area contributed by atoms with Gasteiger partial charge in [-0.1, -0.05) is 25.4 Å². The number of nitrogens with zero attached hydrogens (tertiary/aromatic N) is 5. The molecule has 8 heteroatoms. The van der Waals surface area contributed by atoms with Crippen molar-refractivity contribution < 1.29 is 9.90 Å². The van der Waals surface area contributed by atoms with Crippen LogP contribution in [0.4, 0.5) is 0 Å². The van der Waals surface area contributed by atoms with Gasteiger partial charge in [-0.15, -0.1) is 5.10 Å². The first-order chi connectivity index (χ1) is 9.99. The molecule has 2 rings (SSSR count). The Bertz CT molecular complexity index is 629. The van der Waals surface area contributed by atoms with Crippen LogP contribution < -0.4 is 0 Å². The number of hydrogen-bond donors (Lipinski definition) is 1. The Morgan fingerprint density at radius 2 is 2.24 bits per heavy atom. The summed E-state index contributed by atoms with van der Waals surface area (Å²) < 4.78 is 1.47. The van der Waals surface area contributed by atoms with E-state index in [1.165, 1.54) is 10.9 Å². The summed E-state index contributed by atoms with van der Waals surface area (Å²) in [5, 5.41) is 21.2. The average Bonchev–Trinajstić information content (AvgIpc) is 2.86. The smallest absolute Gasteiger partial charge is 0.308 e. The van der Waals surface area contributed by atoms with Crippen LogP contribution in [-0.2, 0) is 11.3 Å². The molecule has 1 unspecified atom stereocenters. The van der Waals surface area contributed by atoms with Crippen LogP contribution in [-0.4, -0.2) is 36.3 Å². The zero-order valence-electron chi connectivity index (χ0n) is 11.8. The molecule has 1 N–H and O–H groups in total. The Morgan fingerprint density at radius 1 is 1.48 bits per heavy atom. The number of rotatable bonds is 6. The fourth-order valence-electron chi connectivity index (χ4n) is 2.11. The fraction of sp³-hybridized carbons (Fsp3) is 0.462. The van der Waals surface area contributed by atoms with E-state index in [9.17, 15) is 9.90 Å². The van der Waals surface area contributed by atoms with Crippen molar-refractivity contribution in [2.75, 3.05) is 0 Å². The third kappa shape index (κ3) is 3.75. The van der Waals surface area contributed by atoms with Gasteiger partial charge in [0.15, 0.2) is 5.82 Å². The first kappa shape index (κ1) is 15.4.